The third kappa shape index (κ3) is 4.84. The van der Waals surface area contributed by atoms with Crippen LogP contribution in [0.4, 0.5) is 14.9 Å². The Morgan fingerprint density at radius 2 is 1.76 bits per heavy atom. The molecule has 6 nitrogen and oxygen atoms in total. The predicted octanol–water partition coefficient (Wildman–Crippen LogP) is 6.64. The minimum atomic E-state index is -1.12. The van der Waals surface area contributed by atoms with Gasteiger partial charge in [0.15, 0.2) is 5.78 Å². The SMILES string of the molecule is Cc1ccsc1C1C(C(=O)c2cccc(Cl)c2)C(c2cccs2)C(C(N)=O)N1C(=O)Nc1ccc(F)cc1. The topological polar surface area (TPSA) is 92.5 Å². The first-order valence-corrected chi connectivity index (χ1v) is 13.9. The molecule has 0 saturated carbocycles. The Bertz CT molecular complexity index is 1490. The van der Waals surface area contributed by atoms with Crippen LogP contribution in [0.5, 0.6) is 0 Å². The lowest BCUT2D eigenvalue weighted by Crippen LogP contribution is -2.48. The fourth-order valence-corrected chi connectivity index (χ4v) is 7.30. The van der Waals surface area contributed by atoms with Crippen molar-refractivity contribution in [3.63, 3.8) is 0 Å². The first kappa shape index (κ1) is 26.1. The van der Waals surface area contributed by atoms with Crippen LogP contribution in [0.1, 0.15) is 37.6 Å². The Kier molecular flexibility index (Phi) is 7.34. The molecule has 1 saturated heterocycles. The van der Waals surface area contributed by atoms with Gasteiger partial charge in [-0.2, -0.15) is 0 Å². The van der Waals surface area contributed by atoms with E-state index in [0.717, 1.165) is 15.3 Å². The number of nitrogens with two attached hydrogens (primary N) is 1. The zero-order chi connectivity index (χ0) is 27.0. The van der Waals surface area contributed by atoms with Crippen molar-refractivity contribution in [3.05, 3.63) is 109 Å². The number of benzene rings is 2. The molecule has 2 aromatic heterocycles. The van der Waals surface area contributed by atoms with Crippen LogP contribution in [0, 0.1) is 18.7 Å². The number of ketones is 1. The molecule has 5 rings (SSSR count). The second-order valence-corrected chi connectivity index (χ2v) is 11.4. The van der Waals surface area contributed by atoms with Gasteiger partial charge in [-0.15, -0.1) is 22.7 Å². The van der Waals surface area contributed by atoms with Gasteiger partial charge in [-0.3, -0.25) is 9.59 Å². The van der Waals surface area contributed by atoms with Crippen molar-refractivity contribution in [1.82, 2.24) is 4.90 Å². The number of thiophene rings is 2. The van der Waals surface area contributed by atoms with Crippen molar-refractivity contribution in [2.75, 3.05) is 5.32 Å². The quantitative estimate of drug-likeness (QED) is 0.256. The van der Waals surface area contributed by atoms with Gasteiger partial charge in [0.25, 0.3) is 0 Å². The molecule has 2 aromatic carbocycles. The number of hydrogen-bond donors (Lipinski definition) is 2. The van der Waals surface area contributed by atoms with Crippen molar-refractivity contribution >= 4 is 57.7 Å². The van der Waals surface area contributed by atoms with E-state index in [0.29, 0.717) is 16.3 Å². The van der Waals surface area contributed by atoms with Gasteiger partial charge in [0.2, 0.25) is 5.91 Å². The fraction of sp³-hybridized carbons (Fsp3) is 0.179. The summed E-state index contributed by atoms with van der Waals surface area (Å²) in [7, 11) is 0. The smallest absolute Gasteiger partial charge is 0.323 e. The number of nitrogens with zero attached hydrogens (tertiary/aromatic N) is 1. The Morgan fingerprint density at radius 1 is 1.00 bits per heavy atom. The highest BCUT2D eigenvalue weighted by atomic mass is 35.5. The largest absolute Gasteiger partial charge is 0.368 e. The van der Waals surface area contributed by atoms with Crippen molar-refractivity contribution in [1.29, 1.82) is 0 Å². The molecule has 0 radical (unpaired) electrons. The summed E-state index contributed by atoms with van der Waals surface area (Å²) in [4.78, 5) is 44.2. The molecule has 4 atom stereocenters. The van der Waals surface area contributed by atoms with Crippen LogP contribution in [0.3, 0.4) is 0 Å². The molecule has 10 heteroatoms. The van der Waals surface area contributed by atoms with Gasteiger partial charge >= 0.3 is 6.03 Å². The first-order valence-electron chi connectivity index (χ1n) is 11.8. The van der Waals surface area contributed by atoms with E-state index in [-0.39, 0.29) is 5.78 Å². The second-order valence-electron chi connectivity index (χ2n) is 9.05. The molecule has 194 valence electrons. The first-order chi connectivity index (χ1) is 18.3. The summed E-state index contributed by atoms with van der Waals surface area (Å²) in [5.74, 6) is -2.92. The number of halogens is 2. The molecule has 3 amide bonds. The van der Waals surface area contributed by atoms with Crippen LogP contribution in [0.25, 0.3) is 0 Å². The molecule has 0 bridgehead atoms. The Hall–Kier alpha value is -3.53. The lowest BCUT2D eigenvalue weighted by atomic mass is 9.79. The molecule has 1 aliphatic heterocycles. The lowest BCUT2D eigenvalue weighted by molar-refractivity contribution is -0.122. The molecule has 3 heterocycles. The van der Waals surface area contributed by atoms with Crippen LogP contribution in [0.2, 0.25) is 5.02 Å². The van der Waals surface area contributed by atoms with E-state index < -0.39 is 41.7 Å². The van der Waals surface area contributed by atoms with Crippen LogP contribution in [0.15, 0.2) is 77.5 Å². The van der Waals surface area contributed by atoms with Gasteiger partial charge in [-0.1, -0.05) is 29.8 Å². The predicted molar refractivity (Wildman–Crippen MR) is 148 cm³/mol. The number of hydrogen-bond acceptors (Lipinski definition) is 5. The number of primary amides is 1. The van der Waals surface area contributed by atoms with E-state index in [2.05, 4.69) is 5.32 Å². The van der Waals surface area contributed by atoms with Gasteiger partial charge in [0, 0.05) is 31.9 Å². The van der Waals surface area contributed by atoms with E-state index in [1.807, 2.05) is 35.9 Å². The highest BCUT2D eigenvalue weighted by molar-refractivity contribution is 7.10. The minimum Gasteiger partial charge on any atom is -0.368 e. The summed E-state index contributed by atoms with van der Waals surface area (Å²) < 4.78 is 13.5. The van der Waals surface area contributed by atoms with E-state index in [1.165, 1.54) is 51.8 Å². The molecule has 1 fully saturated rings. The standard InChI is InChI=1S/C28H23ClFN3O3S2/c1-15-11-13-38-26(15)23-22(25(34)16-4-2-5-17(29)14-16)21(20-6-3-12-37-20)24(27(31)35)33(23)28(36)32-19-9-7-18(30)8-10-19/h2-14,21-24H,1H3,(H2,31,35)(H,32,36). The number of likely N-dealkylation sites (tertiary alicyclic amines) is 1. The normalized spacial score (nSPS) is 20.9. The van der Waals surface area contributed by atoms with Crippen molar-refractivity contribution in [2.45, 2.75) is 24.9 Å². The van der Waals surface area contributed by atoms with Crippen LogP contribution in [-0.2, 0) is 4.79 Å². The number of urea groups is 1. The van der Waals surface area contributed by atoms with E-state index >= 15 is 0 Å². The summed E-state index contributed by atoms with van der Waals surface area (Å²) in [6.07, 6.45) is 0. The molecule has 1 aliphatic rings. The number of anilines is 1. The van der Waals surface area contributed by atoms with E-state index in [9.17, 15) is 18.8 Å². The number of Topliss-reactive ketones (excluding diaryl/α,β-unsaturated/α-hetero) is 1. The molecular formula is C28H23ClFN3O3S2. The average Bonchev–Trinajstić information content (AvgIpc) is 3.63. The summed E-state index contributed by atoms with van der Waals surface area (Å²) >= 11 is 9.04. The van der Waals surface area contributed by atoms with Crippen molar-refractivity contribution in [3.8, 4) is 0 Å². The van der Waals surface area contributed by atoms with Crippen LogP contribution >= 0.6 is 34.3 Å². The van der Waals surface area contributed by atoms with E-state index in [4.69, 9.17) is 17.3 Å². The van der Waals surface area contributed by atoms with Crippen molar-refractivity contribution in [2.24, 2.45) is 11.7 Å². The number of aryl methyl sites for hydroxylation is 1. The Morgan fingerprint density at radius 3 is 2.37 bits per heavy atom. The average molecular weight is 568 g/mol. The highest BCUT2D eigenvalue weighted by Gasteiger charge is 2.58. The summed E-state index contributed by atoms with van der Waals surface area (Å²) in [6, 6.07) is 15.0. The van der Waals surface area contributed by atoms with Gasteiger partial charge in [-0.25, -0.2) is 9.18 Å². The molecule has 0 aliphatic carbocycles. The minimum absolute atomic E-state index is 0.243. The van der Waals surface area contributed by atoms with Gasteiger partial charge < -0.3 is 16.0 Å². The molecular weight excluding hydrogens is 545 g/mol. The number of carbonyl (C=O) groups is 3. The maximum Gasteiger partial charge on any atom is 0.323 e. The maximum absolute atomic E-state index is 14.3. The van der Waals surface area contributed by atoms with Crippen molar-refractivity contribution < 1.29 is 18.8 Å². The fourth-order valence-electron chi connectivity index (χ4n) is 5.13. The summed E-state index contributed by atoms with van der Waals surface area (Å²) in [5.41, 5.74) is 7.60. The monoisotopic (exact) mass is 567 g/mol. The number of nitrogens with one attached hydrogen (secondary N) is 1. The molecule has 0 spiro atoms. The Labute approximate surface area is 231 Å². The summed E-state index contributed by atoms with van der Waals surface area (Å²) in [6.45, 7) is 1.90. The second kappa shape index (κ2) is 10.7. The van der Waals surface area contributed by atoms with Crippen LogP contribution < -0.4 is 11.1 Å². The lowest BCUT2D eigenvalue weighted by Gasteiger charge is -2.30. The third-order valence-corrected chi connectivity index (χ3v) is 9.04. The van der Waals surface area contributed by atoms with Gasteiger partial charge in [0.1, 0.15) is 11.9 Å². The van der Waals surface area contributed by atoms with E-state index in [1.54, 1.807) is 24.3 Å². The number of carbonyl (C=O) groups excluding carboxylic acids is 3. The molecule has 38 heavy (non-hydrogen) atoms. The highest BCUT2D eigenvalue weighted by Crippen LogP contribution is 2.53. The number of rotatable bonds is 6. The van der Waals surface area contributed by atoms with Gasteiger partial charge in [-0.05, 0) is 71.8 Å². The molecule has 3 N–H and O–H groups in total. The summed E-state index contributed by atoms with van der Waals surface area (Å²) in [5, 5.41) is 6.93. The zero-order valence-electron chi connectivity index (χ0n) is 20.1. The van der Waals surface area contributed by atoms with Gasteiger partial charge in [0.05, 0.1) is 12.0 Å². The number of amides is 3. The zero-order valence-corrected chi connectivity index (χ0v) is 22.5. The molecule has 4 aromatic rings. The third-order valence-electron chi connectivity index (χ3n) is 6.74. The maximum atomic E-state index is 14.3. The molecule has 4 unspecified atom stereocenters. The Balaban J connectivity index is 1.69. The van der Waals surface area contributed by atoms with Crippen LogP contribution in [-0.4, -0.2) is 28.7 Å².